The maximum Gasteiger partial charge on any atom is 0.239 e. The van der Waals surface area contributed by atoms with Gasteiger partial charge in [-0.1, -0.05) is 12.1 Å². The largest absolute Gasteiger partial charge is 0.263 e. The first-order chi connectivity index (χ1) is 8.43. The molecule has 2 aromatic heterocycles. The van der Waals surface area contributed by atoms with Crippen molar-refractivity contribution in [1.29, 1.82) is 0 Å². The van der Waals surface area contributed by atoms with Gasteiger partial charge in [0.1, 0.15) is 5.52 Å². The minimum absolute atomic E-state index is 1.16. The molecule has 0 atom stereocenters. The first-order valence-electron chi connectivity index (χ1n) is 5.57. The zero-order valence-electron chi connectivity index (χ0n) is 9.07. The lowest BCUT2D eigenvalue weighted by atomic mass is 10.0. The fourth-order valence-corrected chi connectivity index (χ4v) is 2.44. The van der Waals surface area contributed by atoms with Crippen LogP contribution in [0.2, 0.25) is 0 Å². The third kappa shape index (κ3) is 1.11. The third-order valence-electron chi connectivity index (χ3n) is 3.26. The van der Waals surface area contributed by atoms with Crippen LogP contribution in [0.4, 0.5) is 0 Å². The minimum atomic E-state index is 1.16. The van der Waals surface area contributed by atoms with Crippen LogP contribution in [-0.4, -0.2) is 9.97 Å². The number of H-pyrrole nitrogens is 2. The highest BCUT2D eigenvalue weighted by Gasteiger charge is 2.07. The summed E-state index contributed by atoms with van der Waals surface area (Å²) in [5.74, 6) is 0. The van der Waals surface area contributed by atoms with Gasteiger partial charge in [-0.2, -0.15) is 0 Å². The molecular weight excluding hydrogens is 210 g/mol. The Bertz CT molecular complexity index is 846. The van der Waals surface area contributed by atoms with Gasteiger partial charge in [0.15, 0.2) is 0 Å². The Morgan fingerprint density at radius 3 is 2.76 bits per heavy atom. The number of nitrogens with zero attached hydrogens (tertiary/aromatic N) is 1. The molecule has 2 N–H and O–H groups in total. The van der Waals surface area contributed by atoms with E-state index >= 15 is 0 Å². The van der Waals surface area contributed by atoms with Crippen LogP contribution in [0, 0.1) is 0 Å². The molecule has 3 nitrogen and oxygen atoms in total. The quantitative estimate of drug-likeness (QED) is 0.455. The Morgan fingerprint density at radius 1 is 0.882 bits per heavy atom. The molecule has 17 heavy (non-hydrogen) atoms. The van der Waals surface area contributed by atoms with Crippen LogP contribution in [-0.2, 0) is 0 Å². The highest BCUT2D eigenvalue weighted by molar-refractivity contribution is 6.15. The molecule has 0 spiro atoms. The molecule has 4 aromatic rings. The lowest BCUT2D eigenvalue weighted by Crippen LogP contribution is -2.00. The molecular formula is C14H10N3+. The summed E-state index contributed by atoms with van der Waals surface area (Å²) >= 11 is 0. The molecule has 4 rings (SSSR count). The molecule has 0 unspecified atom stereocenters. The summed E-state index contributed by atoms with van der Waals surface area (Å²) in [6, 6.07) is 8.55. The van der Waals surface area contributed by atoms with Crippen LogP contribution in [0.25, 0.3) is 32.4 Å². The van der Waals surface area contributed by atoms with Gasteiger partial charge in [-0.05, 0) is 17.5 Å². The lowest BCUT2D eigenvalue weighted by Gasteiger charge is -2.01. The fraction of sp³-hybridized carbons (Fsp3) is 0. The van der Waals surface area contributed by atoms with Gasteiger partial charge in [0, 0.05) is 28.6 Å². The molecule has 0 fully saturated rings. The molecule has 2 aromatic carbocycles. The first kappa shape index (κ1) is 8.70. The van der Waals surface area contributed by atoms with Crippen molar-refractivity contribution in [2.75, 3.05) is 0 Å². The number of rotatable bonds is 0. The van der Waals surface area contributed by atoms with E-state index in [4.69, 9.17) is 0 Å². The summed E-state index contributed by atoms with van der Waals surface area (Å²) in [7, 11) is 0. The predicted octanol–water partition coefficient (Wildman–Crippen LogP) is 2.68. The molecule has 0 radical (unpaired) electrons. The molecule has 3 heteroatoms. The van der Waals surface area contributed by atoms with Crippen molar-refractivity contribution < 1.29 is 4.98 Å². The average Bonchev–Trinajstić information content (AvgIpc) is 2.86. The molecule has 2 heterocycles. The summed E-state index contributed by atoms with van der Waals surface area (Å²) in [4.78, 5) is 10.6. The van der Waals surface area contributed by atoms with Crippen molar-refractivity contribution in [3.8, 4) is 0 Å². The van der Waals surface area contributed by atoms with Crippen LogP contribution in [0.15, 0.2) is 49.2 Å². The van der Waals surface area contributed by atoms with E-state index in [1.165, 1.54) is 26.9 Å². The maximum atomic E-state index is 4.22. The SMILES string of the molecule is c1[nH]c2c(ccc3c4cncc4ccc32)c[nH+]1. The Hall–Kier alpha value is -2.42. The number of aromatic amines is 2. The summed E-state index contributed by atoms with van der Waals surface area (Å²) in [6.07, 6.45) is 7.67. The molecule has 80 valence electrons. The Balaban J connectivity index is 2.34. The third-order valence-corrected chi connectivity index (χ3v) is 3.26. The smallest absolute Gasteiger partial charge is 0.239 e. The van der Waals surface area contributed by atoms with Gasteiger partial charge >= 0.3 is 0 Å². The molecule has 0 bridgehead atoms. The van der Waals surface area contributed by atoms with Crippen LogP contribution < -0.4 is 4.98 Å². The number of benzene rings is 2. The lowest BCUT2D eigenvalue weighted by molar-refractivity contribution is -0.380. The molecule has 0 saturated carbocycles. The van der Waals surface area contributed by atoms with E-state index in [-0.39, 0.29) is 0 Å². The van der Waals surface area contributed by atoms with Crippen molar-refractivity contribution in [1.82, 2.24) is 9.97 Å². The highest BCUT2D eigenvalue weighted by Crippen LogP contribution is 2.29. The average molecular weight is 220 g/mol. The number of hydrogen-bond acceptors (Lipinski definition) is 1. The van der Waals surface area contributed by atoms with Crippen molar-refractivity contribution in [3.05, 3.63) is 49.2 Å². The van der Waals surface area contributed by atoms with E-state index in [9.17, 15) is 0 Å². The Labute approximate surface area is 97.1 Å². The van der Waals surface area contributed by atoms with Crippen molar-refractivity contribution in [3.63, 3.8) is 0 Å². The fourth-order valence-electron chi connectivity index (χ4n) is 2.44. The number of hydrogen-bond donors (Lipinski definition) is 1. The topological polar surface area (TPSA) is 42.8 Å². The molecule has 0 aliphatic carbocycles. The van der Waals surface area contributed by atoms with Gasteiger partial charge in [0.05, 0.1) is 11.6 Å². The van der Waals surface area contributed by atoms with Crippen LogP contribution >= 0.6 is 0 Å². The zero-order chi connectivity index (χ0) is 11.2. The van der Waals surface area contributed by atoms with E-state index in [0.717, 1.165) is 5.52 Å². The van der Waals surface area contributed by atoms with Gasteiger partial charge in [-0.25, -0.2) is 4.98 Å². The number of fused-ring (bicyclic) bond motifs is 5. The van der Waals surface area contributed by atoms with Crippen LogP contribution in [0.1, 0.15) is 0 Å². The van der Waals surface area contributed by atoms with Gasteiger partial charge in [-0.15, -0.1) is 0 Å². The second-order valence-corrected chi connectivity index (χ2v) is 4.20. The second kappa shape index (κ2) is 3.04. The van der Waals surface area contributed by atoms with Crippen LogP contribution in [0.3, 0.4) is 0 Å². The summed E-state index contributed by atoms with van der Waals surface area (Å²) in [6.45, 7) is 0. The van der Waals surface area contributed by atoms with Crippen molar-refractivity contribution >= 4 is 32.4 Å². The Kier molecular flexibility index (Phi) is 1.56. The predicted molar refractivity (Wildman–Crippen MR) is 67.7 cm³/mol. The van der Waals surface area contributed by atoms with Gasteiger partial charge in [0.2, 0.25) is 6.33 Å². The van der Waals surface area contributed by atoms with Gasteiger partial charge in [-0.3, -0.25) is 9.97 Å². The molecule has 0 saturated heterocycles. The zero-order valence-corrected chi connectivity index (χ0v) is 9.07. The number of aromatic nitrogens is 3. The minimum Gasteiger partial charge on any atom is -0.263 e. The summed E-state index contributed by atoms with van der Waals surface area (Å²) in [5.41, 5.74) is 1.16. The molecule has 0 aliphatic heterocycles. The molecule has 0 aliphatic rings. The van der Waals surface area contributed by atoms with Gasteiger partial charge < -0.3 is 0 Å². The summed E-state index contributed by atoms with van der Waals surface area (Å²) < 4.78 is 0. The standard InChI is InChI=1S/C14H9N3/c1-4-12-11(13-7-15-5-9(1)13)3-2-10-6-16-8-17-14(10)12/h1-8H,(H,16,17)/p+1. The van der Waals surface area contributed by atoms with Crippen molar-refractivity contribution in [2.24, 2.45) is 0 Å². The molecule has 0 amide bonds. The Morgan fingerprint density at radius 2 is 1.76 bits per heavy atom. The maximum absolute atomic E-state index is 4.22. The normalized spacial score (nSPS) is 11.5. The van der Waals surface area contributed by atoms with E-state index < -0.39 is 0 Å². The highest BCUT2D eigenvalue weighted by atomic mass is 14.8. The van der Waals surface area contributed by atoms with Crippen LogP contribution in [0.5, 0.6) is 0 Å². The van der Waals surface area contributed by atoms with E-state index in [1.807, 2.05) is 24.9 Å². The van der Waals surface area contributed by atoms with E-state index in [1.54, 1.807) is 0 Å². The van der Waals surface area contributed by atoms with E-state index in [0.29, 0.717) is 0 Å². The van der Waals surface area contributed by atoms with Crippen molar-refractivity contribution in [2.45, 2.75) is 0 Å². The van der Waals surface area contributed by atoms with E-state index in [2.05, 4.69) is 39.2 Å². The first-order valence-corrected chi connectivity index (χ1v) is 5.57. The summed E-state index contributed by atoms with van der Waals surface area (Å²) in [5, 5.41) is 6.07. The second-order valence-electron chi connectivity index (χ2n) is 4.20. The monoisotopic (exact) mass is 220 g/mol. The van der Waals surface area contributed by atoms with Gasteiger partial charge in [0.25, 0.3) is 0 Å². The number of nitrogens with one attached hydrogen (secondary N) is 2.